The van der Waals surface area contributed by atoms with Gasteiger partial charge in [0.2, 0.25) is 29.5 Å². The molecule has 16 heteroatoms. The molecule has 44 heavy (non-hydrogen) atoms. The Morgan fingerprint density at radius 3 is 1.68 bits per heavy atom. The molecule has 0 aliphatic carbocycles. The fraction of sp³-hybridized carbons (Fsp3) is 0.750. The van der Waals surface area contributed by atoms with Crippen LogP contribution in [0.5, 0.6) is 0 Å². The van der Waals surface area contributed by atoms with E-state index < -0.39 is 71.6 Å². The summed E-state index contributed by atoms with van der Waals surface area (Å²) in [4.78, 5) is 76.1. The van der Waals surface area contributed by atoms with E-state index >= 15 is 0 Å². The Labute approximate surface area is 259 Å². The van der Waals surface area contributed by atoms with Crippen molar-refractivity contribution in [1.82, 2.24) is 31.9 Å². The first kappa shape index (κ1) is 40.1. The monoisotopic (exact) mass is 627 g/mol. The number of hydrogen-bond acceptors (Lipinski definition) is 8. The van der Waals surface area contributed by atoms with E-state index in [4.69, 9.17) is 16.9 Å². The van der Waals surface area contributed by atoms with Crippen LogP contribution < -0.4 is 43.4 Å². The molecule has 5 atom stereocenters. The molecule has 0 radical (unpaired) electrons. The SMILES string of the molecule is CC(C)C[C@H](NC(=O)[C@@H](NC(=O)[C@H](CCCNC(=N)N)NC(=O)[C@H](CC(C)C)NC(=O)[C@H](C)NC(=O)CN)C(C)C)C(=O)O. The second-order valence-corrected chi connectivity index (χ2v) is 12.0. The Hall–Kier alpha value is -3.95. The number of carboxylic acid groups (broad SMARTS) is 1. The number of nitrogens with one attached hydrogen (secondary N) is 7. The van der Waals surface area contributed by atoms with Gasteiger partial charge >= 0.3 is 5.97 Å². The second kappa shape index (κ2) is 20.1. The molecule has 0 fully saturated rings. The van der Waals surface area contributed by atoms with Gasteiger partial charge in [-0.05, 0) is 50.4 Å². The van der Waals surface area contributed by atoms with Gasteiger partial charge in [-0.3, -0.25) is 29.4 Å². The smallest absolute Gasteiger partial charge is 0.326 e. The zero-order valence-corrected chi connectivity index (χ0v) is 26.9. The molecule has 0 unspecified atom stereocenters. The number of carbonyl (C=O) groups is 6. The average molecular weight is 628 g/mol. The maximum atomic E-state index is 13.5. The van der Waals surface area contributed by atoms with Gasteiger partial charge in [0.15, 0.2) is 5.96 Å². The van der Waals surface area contributed by atoms with Crippen molar-refractivity contribution in [2.45, 2.75) is 104 Å². The van der Waals surface area contributed by atoms with Crippen LogP contribution in [0, 0.1) is 23.2 Å². The van der Waals surface area contributed by atoms with Crippen LogP contribution in [-0.4, -0.2) is 89.9 Å². The summed E-state index contributed by atoms with van der Waals surface area (Å²) in [5.74, 6) is -5.12. The molecule has 0 heterocycles. The molecule has 252 valence electrons. The van der Waals surface area contributed by atoms with E-state index in [0.717, 1.165) is 0 Å². The van der Waals surface area contributed by atoms with Gasteiger partial charge in [-0.1, -0.05) is 41.5 Å². The molecule has 0 saturated heterocycles. The van der Waals surface area contributed by atoms with Gasteiger partial charge in [0.25, 0.3) is 0 Å². The molecular weight excluding hydrogens is 574 g/mol. The second-order valence-electron chi connectivity index (χ2n) is 12.0. The number of hydrogen-bond donors (Lipinski definition) is 10. The summed E-state index contributed by atoms with van der Waals surface area (Å²) in [5, 5.41) is 32.3. The lowest BCUT2D eigenvalue weighted by molar-refractivity contribution is -0.143. The molecule has 0 aromatic carbocycles. The Morgan fingerprint density at radius 2 is 1.20 bits per heavy atom. The molecule has 0 spiro atoms. The van der Waals surface area contributed by atoms with Crippen molar-refractivity contribution in [3.8, 4) is 0 Å². The number of carboxylic acids is 1. The minimum atomic E-state index is -1.20. The third-order valence-corrected chi connectivity index (χ3v) is 6.48. The summed E-state index contributed by atoms with van der Waals surface area (Å²) < 4.78 is 0. The molecule has 0 aliphatic rings. The van der Waals surface area contributed by atoms with Crippen molar-refractivity contribution in [3.63, 3.8) is 0 Å². The topological polar surface area (TPSA) is 271 Å². The number of carbonyl (C=O) groups excluding carboxylic acids is 5. The van der Waals surface area contributed by atoms with Crippen LogP contribution in [0.3, 0.4) is 0 Å². The minimum absolute atomic E-state index is 0.00843. The van der Waals surface area contributed by atoms with Crippen LogP contribution in [-0.2, 0) is 28.8 Å². The molecule has 0 rings (SSSR count). The van der Waals surface area contributed by atoms with E-state index in [0.29, 0.717) is 6.42 Å². The van der Waals surface area contributed by atoms with Crippen molar-refractivity contribution in [3.05, 3.63) is 0 Å². The Balaban J connectivity index is 5.96. The average Bonchev–Trinajstić information content (AvgIpc) is 2.90. The van der Waals surface area contributed by atoms with Gasteiger partial charge in [0.05, 0.1) is 6.54 Å². The van der Waals surface area contributed by atoms with E-state index in [2.05, 4.69) is 31.9 Å². The van der Waals surface area contributed by atoms with Crippen molar-refractivity contribution >= 4 is 41.5 Å². The lowest BCUT2D eigenvalue weighted by Gasteiger charge is -2.28. The number of guanidine groups is 1. The van der Waals surface area contributed by atoms with E-state index in [1.807, 2.05) is 27.7 Å². The highest BCUT2D eigenvalue weighted by Crippen LogP contribution is 2.10. The summed E-state index contributed by atoms with van der Waals surface area (Å²) in [7, 11) is 0. The highest BCUT2D eigenvalue weighted by molar-refractivity contribution is 5.96. The van der Waals surface area contributed by atoms with Crippen molar-refractivity contribution in [2.75, 3.05) is 13.1 Å². The predicted molar refractivity (Wildman–Crippen MR) is 165 cm³/mol. The Morgan fingerprint density at radius 1 is 0.705 bits per heavy atom. The van der Waals surface area contributed by atoms with Crippen LogP contribution in [0.15, 0.2) is 0 Å². The molecule has 12 N–H and O–H groups in total. The van der Waals surface area contributed by atoms with Gasteiger partial charge in [-0.25, -0.2) is 4.79 Å². The fourth-order valence-electron chi connectivity index (χ4n) is 4.18. The summed E-state index contributed by atoms with van der Waals surface area (Å²) in [6, 6.07) is -5.43. The normalized spacial score (nSPS) is 14.5. The van der Waals surface area contributed by atoms with Crippen molar-refractivity contribution < 1.29 is 33.9 Å². The number of rotatable bonds is 20. The highest BCUT2D eigenvalue weighted by Gasteiger charge is 2.33. The molecule has 0 aromatic heterocycles. The van der Waals surface area contributed by atoms with Crippen molar-refractivity contribution in [1.29, 1.82) is 5.41 Å². The first-order chi connectivity index (χ1) is 20.4. The molecule has 16 nitrogen and oxygen atoms in total. The molecular formula is C28H53N9O7. The zero-order valence-electron chi connectivity index (χ0n) is 26.9. The lowest BCUT2D eigenvalue weighted by atomic mass is 9.99. The Bertz CT molecular complexity index is 1000. The summed E-state index contributed by atoms with van der Waals surface area (Å²) in [5.41, 5.74) is 10.6. The predicted octanol–water partition coefficient (Wildman–Crippen LogP) is -1.51. The first-order valence-corrected chi connectivity index (χ1v) is 14.9. The van der Waals surface area contributed by atoms with E-state index in [-0.39, 0.29) is 50.1 Å². The Kier molecular flexibility index (Phi) is 18.3. The third-order valence-electron chi connectivity index (χ3n) is 6.48. The molecule has 0 aliphatic heterocycles. The number of amides is 5. The molecule has 0 bridgehead atoms. The zero-order chi connectivity index (χ0) is 34.1. The largest absolute Gasteiger partial charge is 0.480 e. The van der Waals surface area contributed by atoms with Gasteiger partial charge in [-0.2, -0.15) is 0 Å². The van der Waals surface area contributed by atoms with Crippen LogP contribution >= 0.6 is 0 Å². The third kappa shape index (κ3) is 16.0. The maximum absolute atomic E-state index is 13.5. The highest BCUT2D eigenvalue weighted by atomic mass is 16.4. The van der Waals surface area contributed by atoms with Crippen molar-refractivity contribution in [2.24, 2.45) is 29.2 Å². The molecule has 5 amide bonds. The lowest BCUT2D eigenvalue weighted by Crippen LogP contribution is -2.59. The molecule has 0 aromatic rings. The quantitative estimate of drug-likeness (QED) is 0.0423. The van der Waals surface area contributed by atoms with Crippen LogP contribution in [0.1, 0.15) is 74.1 Å². The summed E-state index contributed by atoms with van der Waals surface area (Å²) in [6.45, 7) is 12.1. The van der Waals surface area contributed by atoms with Gasteiger partial charge in [0.1, 0.15) is 30.2 Å². The van der Waals surface area contributed by atoms with E-state index in [9.17, 15) is 33.9 Å². The maximum Gasteiger partial charge on any atom is 0.326 e. The molecule has 0 saturated carbocycles. The minimum Gasteiger partial charge on any atom is -0.480 e. The van der Waals surface area contributed by atoms with Crippen LogP contribution in [0.4, 0.5) is 0 Å². The standard InChI is InChI=1S/C28H53N9O7/c1-14(2)11-19(35-23(39)17(7)33-21(38)13-29)25(41)34-18(9-8-10-32-28(30)31)24(40)37-22(16(5)6)26(42)36-20(27(43)44)12-15(3)4/h14-20,22H,8-13,29H2,1-7H3,(H,33,38)(H,34,41)(H,35,39)(H,36,42)(H,37,40)(H,43,44)(H4,30,31,32)/t17-,18-,19-,20-,22-/m0/s1. The first-order valence-electron chi connectivity index (χ1n) is 14.9. The van der Waals surface area contributed by atoms with E-state index in [1.165, 1.54) is 6.92 Å². The number of nitrogens with two attached hydrogens (primary N) is 2. The number of aliphatic carboxylic acids is 1. The summed E-state index contributed by atoms with van der Waals surface area (Å²) in [6.07, 6.45) is 0.800. The van der Waals surface area contributed by atoms with Gasteiger partial charge in [-0.15, -0.1) is 0 Å². The summed E-state index contributed by atoms with van der Waals surface area (Å²) >= 11 is 0. The fourth-order valence-corrected chi connectivity index (χ4v) is 4.18. The van der Waals surface area contributed by atoms with Gasteiger partial charge < -0.3 is 48.5 Å². The van der Waals surface area contributed by atoms with Gasteiger partial charge in [0, 0.05) is 6.54 Å². The van der Waals surface area contributed by atoms with E-state index in [1.54, 1.807) is 13.8 Å². The van der Waals surface area contributed by atoms with Crippen LogP contribution in [0.2, 0.25) is 0 Å². The van der Waals surface area contributed by atoms with Crippen LogP contribution in [0.25, 0.3) is 0 Å².